The number of aliphatic carboxylic acids is 1. The summed E-state index contributed by atoms with van der Waals surface area (Å²) in [5.41, 5.74) is 0.0968. The Bertz CT molecular complexity index is 749. The van der Waals surface area contributed by atoms with Gasteiger partial charge in [-0.15, -0.1) is 0 Å². The Morgan fingerprint density at radius 1 is 1.30 bits per heavy atom. The molecule has 0 unspecified atom stereocenters. The third kappa shape index (κ3) is 4.49. The van der Waals surface area contributed by atoms with E-state index in [1.54, 1.807) is 0 Å². The van der Waals surface area contributed by atoms with Crippen LogP contribution in [0.3, 0.4) is 0 Å². The first-order valence-corrected chi connectivity index (χ1v) is 6.93. The number of nitrogens with one attached hydrogen (secondary N) is 1. The molecule has 0 saturated carbocycles. The Balaban J connectivity index is 2.02. The van der Waals surface area contributed by atoms with Crippen molar-refractivity contribution >= 4 is 29.2 Å². The van der Waals surface area contributed by atoms with Crippen molar-refractivity contribution in [2.24, 2.45) is 0 Å². The van der Waals surface area contributed by atoms with Crippen LogP contribution in [0.1, 0.15) is 23.2 Å². The number of carbonyl (C=O) groups is 2. The van der Waals surface area contributed by atoms with E-state index in [9.17, 15) is 23.5 Å². The number of carboxylic acids is 1. The molecule has 2 rings (SSSR count). The minimum atomic E-state index is -1.18. The highest BCUT2D eigenvalue weighted by atomic mass is 35.5. The quantitative estimate of drug-likeness (QED) is 0.808. The number of hydrogen-bond donors (Lipinski definition) is 1. The molecule has 1 aromatic carbocycles. The number of aryl methyl sites for hydroxylation is 1. The third-order valence-corrected chi connectivity index (χ3v) is 3.23. The molecule has 0 spiro atoms. The lowest BCUT2D eigenvalue weighted by atomic mass is 10.2. The molecular weight excluding hydrogens is 332 g/mol. The van der Waals surface area contributed by atoms with Gasteiger partial charge in [0, 0.05) is 18.7 Å². The third-order valence-electron chi connectivity index (χ3n) is 2.91. The molecule has 0 aliphatic heterocycles. The number of hydrogen-bond acceptors (Lipinski definition) is 4. The zero-order chi connectivity index (χ0) is 17.0. The summed E-state index contributed by atoms with van der Waals surface area (Å²) >= 11 is 5.72. The van der Waals surface area contributed by atoms with Gasteiger partial charge in [0.1, 0.15) is 0 Å². The summed E-state index contributed by atoms with van der Waals surface area (Å²) in [6, 6.07) is 1.42. The predicted molar refractivity (Wildman–Crippen MR) is 75.8 cm³/mol. The summed E-state index contributed by atoms with van der Waals surface area (Å²) in [4.78, 5) is 22.3. The van der Waals surface area contributed by atoms with Crippen LogP contribution in [0.2, 0.25) is 5.02 Å². The van der Waals surface area contributed by atoms with Crippen molar-refractivity contribution in [1.29, 1.82) is 0 Å². The molecule has 23 heavy (non-hydrogen) atoms. The van der Waals surface area contributed by atoms with Crippen molar-refractivity contribution in [1.82, 2.24) is 9.78 Å². The van der Waals surface area contributed by atoms with Crippen LogP contribution in [-0.2, 0) is 11.3 Å². The van der Waals surface area contributed by atoms with E-state index in [2.05, 4.69) is 10.4 Å². The fourth-order valence-corrected chi connectivity index (χ4v) is 2.07. The van der Waals surface area contributed by atoms with Crippen LogP contribution < -0.4 is 10.4 Å². The number of rotatable bonds is 6. The molecule has 1 aromatic heterocycles. The number of benzene rings is 1. The van der Waals surface area contributed by atoms with Gasteiger partial charge in [0.25, 0.3) is 5.91 Å². The van der Waals surface area contributed by atoms with Gasteiger partial charge in [-0.3, -0.25) is 9.48 Å². The van der Waals surface area contributed by atoms with Gasteiger partial charge in [0.05, 0.1) is 22.5 Å². The Kier molecular flexibility index (Phi) is 5.28. The van der Waals surface area contributed by atoms with Crippen LogP contribution in [0.4, 0.5) is 14.5 Å². The molecule has 0 bridgehead atoms. The van der Waals surface area contributed by atoms with Gasteiger partial charge in [-0.1, -0.05) is 11.6 Å². The monoisotopic (exact) mass is 342 g/mol. The molecule has 9 heteroatoms. The van der Waals surface area contributed by atoms with E-state index in [0.29, 0.717) is 24.7 Å². The Morgan fingerprint density at radius 3 is 2.70 bits per heavy atom. The number of aromatic nitrogens is 2. The largest absolute Gasteiger partial charge is 0.550 e. The molecule has 1 amide bonds. The van der Waals surface area contributed by atoms with Crippen molar-refractivity contribution in [2.45, 2.75) is 19.4 Å². The number of nitrogens with zero attached hydrogens (tertiary/aromatic N) is 2. The average molecular weight is 343 g/mol. The van der Waals surface area contributed by atoms with E-state index in [1.807, 2.05) is 0 Å². The zero-order valence-electron chi connectivity index (χ0n) is 11.7. The lowest BCUT2D eigenvalue weighted by Crippen LogP contribution is -2.22. The van der Waals surface area contributed by atoms with E-state index in [1.165, 1.54) is 17.1 Å². The molecule has 2 aromatic rings. The second-order valence-corrected chi connectivity index (χ2v) is 5.08. The SMILES string of the molecule is O=C([O-])CCCn1cc(NC(=O)c2cc(F)c(F)cc2Cl)cn1. The van der Waals surface area contributed by atoms with Crippen molar-refractivity contribution in [3.8, 4) is 0 Å². The summed E-state index contributed by atoms with van der Waals surface area (Å²) in [7, 11) is 0. The number of halogens is 3. The lowest BCUT2D eigenvalue weighted by molar-refractivity contribution is -0.305. The summed E-state index contributed by atoms with van der Waals surface area (Å²) < 4.78 is 27.6. The number of amides is 1. The first-order chi connectivity index (χ1) is 10.9. The fourth-order valence-electron chi connectivity index (χ4n) is 1.83. The highest BCUT2D eigenvalue weighted by molar-refractivity contribution is 6.34. The maximum absolute atomic E-state index is 13.2. The van der Waals surface area contributed by atoms with Crippen molar-refractivity contribution in [2.75, 3.05) is 5.32 Å². The van der Waals surface area contributed by atoms with Crippen molar-refractivity contribution < 1.29 is 23.5 Å². The number of carboxylic acid groups (broad SMARTS) is 1. The lowest BCUT2D eigenvalue weighted by Gasteiger charge is -2.05. The molecule has 0 aliphatic carbocycles. The van der Waals surface area contributed by atoms with Gasteiger partial charge in [-0.2, -0.15) is 5.10 Å². The molecule has 1 heterocycles. The normalized spacial score (nSPS) is 10.6. The van der Waals surface area contributed by atoms with Gasteiger partial charge in [0.2, 0.25) is 0 Å². The standard InChI is InChI=1S/C14H12ClF2N3O3/c15-10-5-12(17)11(16)4-9(10)14(23)19-8-6-18-20(7-8)3-1-2-13(21)22/h4-7H,1-3H2,(H,19,23)(H,21,22)/p-1. The Morgan fingerprint density at radius 2 is 2.00 bits per heavy atom. The molecule has 0 fully saturated rings. The minimum absolute atomic E-state index is 0.105. The van der Waals surface area contributed by atoms with E-state index in [-0.39, 0.29) is 17.0 Å². The van der Waals surface area contributed by atoms with Crippen LogP contribution in [0.5, 0.6) is 0 Å². The summed E-state index contributed by atoms with van der Waals surface area (Å²) in [5, 5.41) is 16.5. The molecule has 122 valence electrons. The zero-order valence-corrected chi connectivity index (χ0v) is 12.4. The van der Waals surface area contributed by atoms with Crippen LogP contribution in [0, 0.1) is 11.6 Å². The summed E-state index contributed by atoms with van der Waals surface area (Å²) in [6.07, 6.45) is 3.03. The fraction of sp³-hybridized carbons (Fsp3) is 0.214. The first kappa shape index (κ1) is 16.9. The van der Waals surface area contributed by atoms with Crippen molar-refractivity contribution in [3.05, 3.63) is 46.7 Å². The Hall–Kier alpha value is -2.48. The summed E-state index contributed by atoms with van der Waals surface area (Å²) in [5.74, 6) is -4.20. The molecule has 0 aliphatic rings. The molecular formula is C14H11ClF2N3O3-. The maximum atomic E-state index is 13.2. The summed E-state index contributed by atoms with van der Waals surface area (Å²) in [6.45, 7) is 0.329. The molecule has 6 nitrogen and oxygen atoms in total. The van der Waals surface area contributed by atoms with Gasteiger partial charge >= 0.3 is 0 Å². The minimum Gasteiger partial charge on any atom is -0.550 e. The second-order valence-electron chi connectivity index (χ2n) is 4.67. The van der Waals surface area contributed by atoms with Gasteiger partial charge in [-0.25, -0.2) is 8.78 Å². The van der Waals surface area contributed by atoms with E-state index >= 15 is 0 Å². The topological polar surface area (TPSA) is 87.0 Å². The highest BCUT2D eigenvalue weighted by Crippen LogP contribution is 2.21. The molecule has 0 saturated heterocycles. The van der Waals surface area contributed by atoms with Crippen LogP contribution in [-0.4, -0.2) is 21.7 Å². The van der Waals surface area contributed by atoms with E-state index in [0.717, 1.165) is 6.07 Å². The van der Waals surface area contributed by atoms with Gasteiger partial charge in [-0.05, 0) is 25.0 Å². The van der Waals surface area contributed by atoms with Crippen molar-refractivity contribution in [3.63, 3.8) is 0 Å². The number of anilines is 1. The van der Waals surface area contributed by atoms with Crippen LogP contribution >= 0.6 is 11.6 Å². The molecule has 0 radical (unpaired) electrons. The second kappa shape index (κ2) is 7.19. The molecule has 0 atom stereocenters. The van der Waals surface area contributed by atoms with E-state index < -0.39 is 23.5 Å². The predicted octanol–water partition coefficient (Wildman–Crippen LogP) is 1.60. The highest BCUT2D eigenvalue weighted by Gasteiger charge is 2.15. The Labute approximate surface area is 134 Å². The van der Waals surface area contributed by atoms with E-state index in [4.69, 9.17) is 11.6 Å². The maximum Gasteiger partial charge on any atom is 0.257 e. The average Bonchev–Trinajstić information content (AvgIpc) is 2.89. The van der Waals surface area contributed by atoms with Gasteiger partial charge < -0.3 is 15.2 Å². The van der Waals surface area contributed by atoms with Crippen LogP contribution in [0.25, 0.3) is 0 Å². The first-order valence-electron chi connectivity index (χ1n) is 6.55. The van der Waals surface area contributed by atoms with Gasteiger partial charge in [0.15, 0.2) is 11.6 Å². The van der Waals surface area contributed by atoms with Crippen LogP contribution in [0.15, 0.2) is 24.5 Å². The molecule has 1 N–H and O–H groups in total. The number of carbonyl (C=O) groups excluding carboxylic acids is 2. The smallest absolute Gasteiger partial charge is 0.257 e.